The standard InChI is InChI=1S/2C5H5.2ClH.Rh/c2*1-2-4-5-3-1;;;/h2*1-3H,4H2;2*1H;/q;;;;+2/p-2. The third kappa shape index (κ3) is 1.84. The topological polar surface area (TPSA) is 0 Å². The predicted molar refractivity (Wildman–Crippen MR) is 55.4 cm³/mol. The van der Waals surface area contributed by atoms with Crippen molar-refractivity contribution in [1.29, 1.82) is 0 Å². The fourth-order valence-corrected chi connectivity index (χ4v) is 6.39. The summed E-state index contributed by atoms with van der Waals surface area (Å²) in [5.41, 5.74) is 0. The summed E-state index contributed by atoms with van der Waals surface area (Å²) in [7, 11) is 12.9. The van der Waals surface area contributed by atoms with E-state index in [0.29, 0.717) is 0 Å². The van der Waals surface area contributed by atoms with Crippen LogP contribution in [0.4, 0.5) is 0 Å². The number of rotatable bonds is 2. The number of halogens is 2. The second-order valence-corrected chi connectivity index (χ2v) is 12.0. The van der Waals surface area contributed by atoms with Gasteiger partial charge < -0.3 is 0 Å². The molecule has 0 aromatic rings. The molecule has 2 aliphatic rings. The van der Waals surface area contributed by atoms with E-state index in [1.807, 2.05) is 12.2 Å². The first kappa shape index (κ1) is 9.71. The van der Waals surface area contributed by atoms with Gasteiger partial charge in [-0.05, 0) is 0 Å². The third-order valence-corrected chi connectivity index (χ3v) is 9.64. The average Bonchev–Trinajstić information content (AvgIpc) is 2.78. The molecule has 0 atom stereocenters. The Morgan fingerprint density at radius 1 is 0.923 bits per heavy atom. The van der Waals surface area contributed by atoms with E-state index in [1.54, 1.807) is 0 Å². The van der Waals surface area contributed by atoms with Crippen LogP contribution in [0.2, 0.25) is 0 Å². The Morgan fingerprint density at radius 2 is 1.38 bits per heavy atom. The maximum absolute atomic E-state index is 6.46. The van der Waals surface area contributed by atoms with Gasteiger partial charge >= 0.3 is 89.8 Å². The third-order valence-electron chi connectivity index (χ3n) is 1.96. The zero-order chi connectivity index (χ0) is 9.31. The van der Waals surface area contributed by atoms with Crippen LogP contribution < -0.4 is 0 Å². The Kier molecular flexibility index (Phi) is 2.78. The summed E-state index contributed by atoms with van der Waals surface area (Å²) >= 11 is -2.52. The summed E-state index contributed by atoms with van der Waals surface area (Å²) in [5, 5.41) is 0. The Labute approximate surface area is 89.5 Å². The first-order valence-electron chi connectivity index (χ1n) is 4.02. The molecule has 73 valence electrons. The van der Waals surface area contributed by atoms with Gasteiger partial charge in [-0.3, -0.25) is 0 Å². The van der Waals surface area contributed by atoms with Gasteiger partial charge in [0.25, 0.3) is 0 Å². The van der Waals surface area contributed by atoms with Crippen LogP contribution >= 0.6 is 19.4 Å². The van der Waals surface area contributed by atoms with Crippen LogP contribution in [0.15, 0.2) is 44.8 Å². The molecule has 0 bridgehead atoms. The minimum atomic E-state index is -2.52. The second-order valence-electron chi connectivity index (χ2n) is 2.82. The van der Waals surface area contributed by atoms with Crippen molar-refractivity contribution in [1.82, 2.24) is 0 Å². The van der Waals surface area contributed by atoms with E-state index in [2.05, 4.69) is 24.3 Å². The molecule has 3 heteroatoms. The van der Waals surface area contributed by atoms with E-state index in [-0.39, 0.29) is 0 Å². The molecule has 0 aliphatic heterocycles. The van der Waals surface area contributed by atoms with Crippen LogP contribution in [0.25, 0.3) is 0 Å². The van der Waals surface area contributed by atoms with Gasteiger partial charge in [0.1, 0.15) is 0 Å². The molecule has 0 heterocycles. The van der Waals surface area contributed by atoms with Crippen LogP contribution in [0.1, 0.15) is 12.8 Å². The molecule has 0 fully saturated rings. The van der Waals surface area contributed by atoms with Crippen molar-refractivity contribution in [3.63, 3.8) is 0 Å². The molecule has 0 unspecified atom stereocenters. The molecule has 13 heavy (non-hydrogen) atoms. The molecule has 0 aromatic heterocycles. The molecule has 0 spiro atoms. The predicted octanol–water partition coefficient (Wildman–Crippen LogP) is 4.14. The Morgan fingerprint density at radius 3 is 1.69 bits per heavy atom. The maximum atomic E-state index is 6.46. The molecule has 0 saturated heterocycles. The van der Waals surface area contributed by atoms with E-state index >= 15 is 0 Å². The SMILES string of the molecule is [Cl][Rh]([Cl])([C]1=CC=CC1)[C]1=CC=CC1. The van der Waals surface area contributed by atoms with Crippen molar-refractivity contribution in [3.05, 3.63) is 44.8 Å². The molecular formula is C10H10Cl2Rh. The second kappa shape index (κ2) is 3.73. The molecular weight excluding hydrogens is 294 g/mol. The van der Waals surface area contributed by atoms with Gasteiger partial charge in [0.15, 0.2) is 0 Å². The van der Waals surface area contributed by atoms with Crippen molar-refractivity contribution in [2.45, 2.75) is 12.8 Å². The quantitative estimate of drug-likeness (QED) is 0.673. The van der Waals surface area contributed by atoms with E-state index in [1.165, 1.54) is 8.33 Å². The first-order valence-corrected chi connectivity index (χ1v) is 9.88. The Hall–Kier alpha value is 0.163. The van der Waals surface area contributed by atoms with Crippen LogP contribution in [0, 0.1) is 0 Å². The van der Waals surface area contributed by atoms with Crippen LogP contribution in [0.3, 0.4) is 0 Å². The van der Waals surface area contributed by atoms with Crippen molar-refractivity contribution >= 4 is 19.4 Å². The first-order chi connectivity index (χ1) is 6.21. The minimum absolute atomic E-state index is 0.937. The monoisotopic (exact) mass is 303 g/mol. The van der Waals surface area contributed by atoms with Crippen LogP contribution in [-0.4, -0.2) is 0 Å². The van der Waals surface area contributed by atoms with Crippen molar-refractivity contribution in [3.8, 4) is 0 Å². The van der Waals surface area contributed by atoms with E-state index in [0.717, 1.165) is 12.8 Å². The van der Waals surface area contributed by atoms with E-state index in [9.17, 15) is 0 Å². The summed E-state index contributed by atoms with van der Waals surface area (Å²) in [6, 6.07) is 0. The summed E-state index contributed by atoms with van der Waals surface area (Å²) in [5.74, 6) is 0. The van der Waals surface area contributed by atoms with Crippen molar-refractivity contribution in [2.75, 3.05) is 0 Å². The molecule has 2 aliphatic carbocycles. The van der Waals surface area contributed by atoms with Gasteiger partial charge in [0.05, 0.1) is 0 Å². The van der Waals surface area contributed by atoms with Gasteiger partial charge in [-0.15, -0.1) is 0 Å². The zero-order valence-corrected chi connectivity index (χ0v) is 10.1. The summed E-state index contributed by atoms with van der Waals surface area (Å²) < 4.78 is 2.47. The number of hydrogen-bond donors (Lipinski definition) is 0. The fourth-order valence-electron chi connectivity index (χ4n) is 1.27. The number of allylic oxidation sites excluding steroid dienone is 8. The molecule has 0 aromatic carbocycles. The Balaban J connectivity index is 2.20. The van der Waals surface area contributed by atoms with Gasteiger partial charge in [-0.2, -0.15) is 0 Å². The van der Waals surface area contributed by atoms with Crippen LogP contribution in [-0.2, 0) is 12.8 Å². The van der Waals surface area contributed by atoms with Gasteiger partial charge in [-0.25, -0.2) is 0 Å². The zero-order valence-electron chi connectivity index (χ0n) is 6.97. The van der Waals surface area contributed by atoms with E-state index in [4.69, 9.17) is 19.4 Å². The van der Waals surface area contributed by atoms with E-state index < -0.39 is 12.8 Å². The molecule has 0 radical (unpaired) electrons. The number of hydrogen-bond acceptors (Lipinski definition) is 0. The molecule has 2 rings (SSSR count). The van der Waals surface area contributed by atoms with Gasteiger partial charge in [-0.1, -0.05) is 0 Å². The average molecular weight is 304 g/mol. The molecule has 0 saturated carbocycles. The summed E-state index contributed by atoms with van der Waals surface area (Å²) in [4.78, 5) is 0. The molecule has 0 nitrogen and oxygen atoms in total. The summed E-state index contributed by atoms with van der Waals surface area (Å²) in [6.07, 6.45) is 14.3. The van der Waals surface area contributed by atoms with Crippen molar-refractivity contribution in [2.24, 2.45) is 0 Å². The normalized spacial score (nSPS) is 22.0. The van der Waals surface area contributed by atoms with Crippen LogP contribution in [0.5, 0.6) is 0 Å². The van der Waals surface area contributed by atoms with Gasteiger partial charge in [0.2, 0.25) is 0 Å². The van der Waals surface area contributed by atoms with Gasteiger partial charge in [0, 0.05) is 0 Å². The Bertz CT molecular complexity index is 303. The summed E-state index contributed by atoms with van der Waals surface area (Å²) in [6.45, 7) is 0. The molecule has 0 amide bonds. The fraction of sp³-hybridized carbons (Fsp3) is 0.200. The van der Waals surface area contributed by atoms with Crippen molar-refractivity contribution < 1.29 is 12.8 Å². The molecule has 0 N–H and O–H groups in total.